The van der Waals surface area contributed by atoms with E-state index < -0.39 is 13.9 Å². The quantitative estimate of drug-likeness (QED) is 0.0214. The zero-order valence-electron chi connectivity index (χ0n) is 40.7. The molecule has 0 saturated carbocycles. The van der Waals surface area contributed by atoms with Crippen LogP contribution in [0.5, 0.6) is 0 Å². The Morgan fingerprint density at radius 3 is 1.27 bits per heavy atom. The van der Waals surface area contributed by atoms with Crippen molar-refractivity contribution in [3.8, 4) is 0 Å². The van der Waals surface area contributed by atoms with Gasteiger partial charge in [0.15, 0.2) is 0 Å². The van der Waals surface area contributed by atoms with Crippen LogP contribution < -0.4 is 0 Å². The maximum Gasteiger partial charge on any atom is 0.472 e. The summed E-state index contributed by atoms with van der Waals surface area (Å²) < 4.78 is 35.2. The number of nitrogens with zero attached hydrogens (tertiary/aromatic N) is 1. The highest BCUT2D eigenvalue weighted by Crippen LogP contribution is 2.43. The minimum atomic E-state index is -4.27. The molecule has 0 heterocycles. The maximum absolute atomic E-state index is 12.8. The van der Waals surface area contributed by atoms with Crippen LogP contribution in [0.25, 0.3) is 0 Å². The number of rotatable bonds is 49. The third-order valence-corrected chi connectivity index (χ3v) is 12.6. The van der Waals surface area contributed by atoms with E-state index in [1.165, 1.54) is 199 Å². The van der Waals surface area contributed by atoms with Crippen LogP contribution in [0.15, 0.2) is 12.2 Å². The fourth-order valence-electron chi connectivity index (χ4n) is 7.55. The van der Waals surface area contributed by atoms with Gasteiger partial charge in [-0.05, 0) is 38.5 Å². The molecule has 2 unspecified atom stereocenters. The van der Waals surface area contributed by atoms with Crippen molar-refractivity contribution in [2.75, 3.05) is 54.1 Å². The molecule has 0 radical (unpaired) electrons. The van der Waals surface area contributed by atoms with Gasteiger partial charge < -0.3 is 18.9 Å². The number of unbranched alkanes of at least 4 members (excludes halogenated alkanes) is 33. The summed E-state index contributed by atoms with van der Waals surface area (Å²) in [6.45, 7) is 5.68. The first-order valence-electron chi connectivity index (χ1n) is 25.9. The lowest BCUT2D eigenvalue weighted by Crippen LogP contribution is -2.37. The van der Waals surface area contributed by atoms with E-state index >= 15 is 0 Å². The molecule has 1 N–H and O–H groups in total. The summed E-state index contributed by atoms with van der Waals surface area (Å²) in [5.74, 6) is -0.310. The van der Waals surface area contributed by atoms with Gasteiger partial charge >= 0.3 is 13.8 Å². The third kappa shape index (κ3) is 48.3. The monoisotopic (exact) mass is 873 g/mol. The van der Waals surface area contributed by atoms with E-state index in [1.807, 2.05) is 21.1 Å². The second kappa shape index (κ2) is 44.8. The van der Waals surface area contributed by atoms with Crippen molar-refractivity contribution < 1.29 is 37.3 Å². The van der Waals surface area contributed by atoms with E-state index in [0.717, 1.165) is 32.1 Å². The molecule has 0 aliphatic heterocycles. The van der Waals surface area contributed by atoms with Gasteiger partial charge in [0, 0.05) is 13.0 Å². The van der Waals surface area contributed by atoms with Crippen LogP contribution in [0.2, 0.25) is 0 Å². The topological polar surface area (TPSA) is 91.3 Å². The zero-order chi connectivity index (χ0) is 44.1. The van der Waals surface area contributed by atoms with E-state index in [2.05, 4.69) is 26.0 Å². The molecule has 0 aliphatic carbocycles. The molecule has 60 heavy (non-hydrogen) atoms. The molecule has 0 aromatic rings. The minimum absolute atomic E-state index is 0.0919. The second-order valence-corrected chi connectivity index (χ2v) is 20.4. The molecule has 0 aromatic heterocycles. The summed E-state index contributed by atoms with van der Waals surface area (Å²) in [5.41, 5.74) is 0. The Bertz CT molecular complexity index is 972. The Hall–Kier alpha value is -0.760. The molecule has 8 nitrogen and oxygen atoms in total. The molecule has 2 atom stereocenters. The van der Waals surface area contributed by atoms with Gasteiger partial charge in [-0.1, -0.05) is 219 Å². The second-order valence-electron chi connectivity index (χ2n) is 18.9. The summed E-state index contributed by atoms with van der Waals surface area (Å²) in [6, 6.07) is 0. The zero-order valence-corrected chi connectivity index (χ0v) is 41.6. The number of phosphoric ester groups is 1. The van der Waals surface area contributed by atoms with Gasteiger partial charge in [-0.15, -0.1) is 0 Å². The van der Waals surface area contributed by atoms with Gasteiger partial charge in [-0.25, -0.2) is 4.57 Å². The maximum atomic E-state index is 12.8. The van der Waals surface area contributed by atoms with Crippen LogP contribution in [0, 0.1) is 0 Å². The van der Waals surface area contributed by atoms with Crippen molar-refractivity contribution in [2.45, 2.75) is 258 Å². The smallest absolute Gasteiger partial charge is 0.457 e. The highest BCUT2D eigenvalue weighted by atomic mass is 31.2. The molecule has 0 rings (SSSR count). The number of quaternary nitrogens is 1. The van der Waals surface area contributed by atoms with Gasteiger partial charge in [0.25, 0.3) is 0 Å². The van der Waals surface area contributed by atoms with Crippen molar-refractivity contribution in [1.82, 2.24) is 0 Å². The van der Waals surface area contributed by atoms with E-state index in [-0.39, 0.29) is 25.8 Å². The van der Waals surface area contributed by atoms with Gasteiger partial charge in [0.05, 0.1) is 34.4 Å². The molecular formula is C51H103NO7P+. The summed E-state index contributed by atoms with van der Waals surface area (Å²) in [7, 11) is 1.68. The summed E-state index contributed by atoms with van der Waals surface area (Å²) in [5, 5.41) is 0. The Labute approximate surface area is 373 Å². The van der Waals surface area contributed by atoms with Crippen molar-refractivity contribution >= 4 is 13.8 Å². The fourth-order valence-corrected chi connectivity index (χ4v) is 8.29. The lowest BCUT2D eigenvalue weighted by atomic mass is 10.0. The molecule has 0 aromatic carbocycles. The van der Waals surface area contributed by atoms with Crippen molar-refractivity contribution in [1.29, 1.82) is 0 Å². The van der Waals surface area contributed by atoms with Crippen LogP contribution in [0.4, 0.5) is 0 Å². The number of hydrogen-bond acceptors (Lipinski definition) is 6. The summed E-state index contributed by atoms with van der Waals surface area (Å²) >= 11 is 0. The SMILES string of the molecule is CCCCCCCC/C=C\CCCCCCCCCCCC(=O)OC(COCCCCCCCCCCCCCCCCCCCCC)COP(=O)(O)OCC[N+](C)(C)C. The van der Waals surface area contributed by atoms with Crippen LogP contribution in [0.1, 0.15) is 251 Å². The number of carbonyl (C=O) groups excluding carboxylic acids is 1. The molecule has 0 amide bonds. The summed E-state index contributed by atoms with van der Waals surface area (Å²) in [4.78, 5) is 23.0. The standard InChI is InChI=1S/C51H102NO7P/c1-6-8-10-12-14-16-18-20-22-24-26-28-30-32-34-36-38-40-42-44-51(53)59-50(49-58-60(54,55)57-47-45-52(3,4)5)48-56-46-43-41-39-37-35-33-31-29-27-25-23-21-19-17-15-13-11-9-7-2/h20,22,50H,6-19,21,23-49H2,1-5H3/p+1/b22-20-. The van der Waals surface area contributed by atoms with Gasteiger partial charge in [0.2, 0.25) is 0 Å². The normalized spacial score (nSPS) is 13.6. The van der Waals surface area contributed by atoms with E-state index in [0.29, 0.717) is 24.1 Å². The lowest BCUT2D eigenvalue weighted by molar-refractivity contribution is -0.870. The van der Waals surface area contributed by atoms with Crippen LogP contribution in [-0.2, 0) is 27.9 Å². The van der Waals surface area contributed by atoms with E-state index in [1.54, 1.807) is 0 Å². The third-order valence-electron chi connectivity index (χ3n) is 11.6. The molecule has 0 fully saturated rings. The number of hydrogen-bond donors (Lipinski definition) is 1. The molecule has 358 valence electrons. The Kier molecular flexibility index (Phi) is 44.3. The Morgan fingerprint density at radius 2 is 0.867 bits per heavy atom. The number of likely N-dealkylation sites (N-methyl/N-ethyl adjacent to an activating group) is 1. The largest absolute Gasteiger partial charge is 0.472 e. The number of ether oxygens (including phenoxy) is 2. The van der Waals surface area contributed by atoms with Gasteiger partial charge in [-0.2, -0.15) is 0 Å². The highest BCUT2D eigenvalue weighted by molar-refractivity contribution is 7.47. The molecule has 0 saturated heterocycles. The predicted octanol–water partition coefficient (Wildman–Crippen LogP) is 15.8. The average molecular weight is 873 g/mol. The number of phosphoric acid groups is 1. The Morgan fingerprint density at radius 1 is 0.500 bits per heavy atom. The summed E-state index contributed by atoms with van der Waals surface area (Å²) in [6.07, 6.45) is 51.1. The van der Waals surface area contributed by atoms with E-state index in [4.69, 9.17) is 18.5 Å². The minimum Gasteiger partial charge on any atom is -0.457 e. The van der Waals surface area contributed by atoms with Gasteiger partial charge in [0.1, 0.15) is 19.3 Å². The van der Waals surface area contributed by atoms with Crippen molar-refractivity contribution in [3.05, 3.63) is 12.2 Å². The van der Waals surface area contributed by atoms with Crippen molar-refractivity contribution in [3.63, 3.8) is 0 Å². The molecule has 0 aliphatic rings. The van der Waals surface area contributed by atoms with Crippen molar-refractivity contribution in [2.24, 2.45) is 0 Å². The lowest BCUT2D eigenvalue weighted by Gasteiger charge is -2.24. The Balaban J connectivity index is 4.10. The molecular weight excluding hydrogens is 770 g/mol. The highest BCUT2D eigenvalue weighted by Gasteiger charge is 2.26. The number of esters is 1. The predicted molar refractivity (Wildman–Crippen MR) is 257 cm³/mol. The van der Waals surface area contributed by atoms with Crippen LogP contribution in [0.3, 0.4) is 0 Å². The van der Waals surface area contributed by atoms with Gasteiger partial charge in [-0.3, -0.25) is 13.8 Å². The molecule has 0 spiro atoms. The number of carbonyl (C=O) groups is 1. The van der Waals surface area contributed by atoms with E-state index in [9.17, 15) is 14.3 Å². The first-order chi connectivity index (χ1) is 29.1. The number of allylic oxidation sites excluding steroid dienone is 2. The molecule has 9 heteroatoms. The average Bonchev–Trinajstić information content (AvgIpc) is 3.20. The first-order valence-corrected chi connectivity index (χ1v) is 27.4. The fraction of sp³-hybridized carbons (Fsp3) is 0.941. The van der Waals surface area contributed by atoms with Crippen LogP contribution in [-0.4, -0.2) is 75.6 Å². The van der Waals surface area contributed by atoms with Crippen LogP contribution >= 0.6 is 7.82 Å². The molecule has 0 bridgehead atoms. The first kappa shape index (κ1) is 59.2.